The molecule has 19 heavy (non-hydrogen) atoms. The molecule has 0 saturated heterocycles. The van der Waals surface area contributed by atoms with Crippen molar-refractivity contribution >= 4 is 18.0 Å². The number of carbonyl (C=O) groups is 3. The van der Waals surface area contributed by atoms with Gasteiger partial charge in [-0.1, -0.05) is 0 Å². The average Bonchev–Trinajstić information content (AvgIpc) is 2.25. The van der Waals surface area contributed by atoms with Crippen LogP contribution in [0, 0.1) is 0 Å². The van der Waals surface area contributed by atoms with Gasteiger partial charge in [0.05, 0.1) is 14.2 Å². The molecule has 7 heteroatoms. The Kier molecular flexibility index (Phi) is 10.5. The minimum Gasteiger partial charge on any atom is -0.469 e. The Labute approximate surface area is 113 Å². The van der Waals surface area contributed by atoms with Gasteiger partial charge in [0.25, 0.3) is 0 Å². The quantitative estimate of drug-likeness (QED) is 0.614. The maximum absolute atomic E-state index is 10.5. The Hall–Kier alpha value is -1.79. The minimum absolute atomic E-state index is 0.269. The number of hydrogen-bond donors (Lipinski definition) is 1. The van der Waals surface area contributed by atoms with Gasteiger partial charge in [-0.15, -0.1) is 0 Å². The molecule has 0 rings (SSSR count). The summed E-state index contributed by atoms with van der Waals surface area (Å²) < 4.78 is 13.3. The second kappa shape index (κ2) is 10.2. The molecule has 2 N–H and O–H groups in total. The Morgan fingerprint density at radius 1 is 0.947 bits per heavy atom. The Bertz CT molecular complexity index is 279. The Balaban J connectivity index is 0. The number of hydrogen-bond acceptors (Lipinski definition) is 6. The maximum atomic E-state index is 10.5. The molecule has 0 bridgehead atoms. The lowest BCUT2D eigenvalue weighted by Crippen LogP contribution is -2.27. The molecule has 0 aromatic heterocycles. The van der Waals surface area contributed by atoms with Crippen LogP contribution >= 0.6 is 0 Å². The number of rotatable bonds is 4. The van der Waals surface area contributed by atoms with Crippen molar-refractivity contribution in [1.29, 1.82) is 0 Å². The number of esters is 2. The van der Waals surface area contributed by atoms with Crippen molar-refractivity contribution < 1.29 is 28.6 Å². The molecule has 7 nitrogen and oxygen atoms in total. The smallest absolute Gasteiger partial charge is 0.405 e. The number of amides is 1. The maximum Gasteiger partial charge on any atom is 0.405 e. The highest BCUT2D eigenvalue weighted by Crippen LogP contribution is 2.04. The highest BCUT2D eigenvalue weighted by atomic mass is 16.6. The molecule has 1 amide bonds. The third-order valence-corrected chi connectivity index (χ3v) is 1.62. The zero-order valence-corrected chi connectivity index (χ0v) is 12.1. The molecule has 112 valence electrons. The molecule has 0 heterocycles. The van der Waals surface area contributed by atoms with Crippen LogP contribution in [0.5, 0.6) is 0 Å². The zero-order chi connectivity index (χ0) is 15.5. The van der Waals surface area contributed by atoms with Crippen molar-refractivity contribution in [1.82, 2.24) is 0 Å². The predicted molar refractivity (Wildman–Crippen MR) is 68.3 cm³/mol. The van der Waals surface area contributed by atoms with Crippen molar-refractivity contribution in [3.8, 4) is 0 Å². The average molecular weight is 277 g/mol. The van der Waals surface area contributed by atoms with Crippen molar-refractivity contribution in [2.24, 2.45) is 5.73 Å². The van der Waals surface area contributed by atoms with E-state index >= 15 is 0 Å². The lowest BCUT2D eigenvalue weighted by atomic mass is 10.2. The summed E-state index contributed by atoms with van der Waals surface area (Å²) in [6, 6.07) is 0. The lowest BCUT2D eigenvalue weighted by Gasteiger charge is -2.16. The van der Waals surface area contributed by atoms with Crippen LogP contribution in [0.3, 0.4) is 0 Å². The minimum atomic E-state index is -0.725. The zero-order valence-electron chi connectivity index (χ0n) is 12.1. The van der Waals surface area contributed by atoms with Crippen molar-refractivity contribution in [2.75, 3.05) is 14.2 Å². The molecular weight excluding hydrogens is 254 g/mol. The van der Waals surface area contributed by atoms with Gasteiger partial charge < -0.3 is 19.9 Å². The third kappa shape index (κ3) is 18.8. The van der Waals surface area contributed by atoms with E-state index < -0.39 is 11.7 Å². The SMILES string of the molecule is CC(C)(C)OC(N)=O.COC(=O)CCCC(=O)OC. The summed E-state index contributed by atoms with van der Waals surface area (Å²) in [5, 5.41) is 0. The highest BCUT2D eigenvalue weighted by molar-refractivity contribution is 5.72. The fraction of sp³-hybridized carbons (Fsp3) is 0.750. The largest absolute Gasteiger partial charge is 0.469 e. The van der Waals surface area contributed by atoms with E-state index in [4.69, 9.17) is 5.73 Å². The summed E-state index contributed by atoms with van der Waals surface area (Å²) in [4.78, 5) is 31.0. The fourth-order valence-corrected chi connectivity index (χ4v) is 0.883. The first-order chi connectivity index (χ1) is 8.62. The van der Waals surface area contributed by atoms with E-state index in [-0.39, 0.29) is 24.8 Å². The molecule has 0 aliphatic rings. The summed E-state index contributed by atoms with van der Waals surface area (Å²) in [6.07, 6.45) is 0.300. The molecule has 0 spiro atoms. The number of primary amides is 1. The third-order valence-electron chi connectivity index (χ3n) is 1.62. The van der Waals surface area contributed by atoms with E-state index in [1.54, 1.807) is 20.8 Å². The molecule has 0 aromatic rings. The Morgan fingerprint density at radius 3 is 1.47 bits per heavy atom. The summed E-state index contributed by atoms with van der Waals surface area (Å²) in [7, 11) is 2.64. The predicted octanol–water partition coefficient (Wildman–Crippen LogP) is 1.38. The highest BCUT2D eigenvalue weighted by Gasteiger charge is 2.12. The van der Waals surface area contributed by atoms with Crippen LogP contribution < -0.4 is 5.73 Å². The van der Waals surface area contributed by atoms with E-state index in [0.29, 0.717) is 6.42 Å². The van der Waals surface area contributed by atoms with Gasteiger partial charge in [-0.3, -0.25) is 9.59 Å². The summed E-state index contributed by atoms with van der Waals surface area (Å²) in [5.74, 6) is -0.595. The topological polar surface area (TPSA) is 105 Å². The molecule has 0 aliphatic heterocycles. The first kappa shape index (κ1) is 19.5. The first-order valence-electron chi connectivity index (χ1n) is 5.74. The van der Waals surface area contributed by atoms with E-state index in [0.717, 1.165) is 0 Å². The van der Waals surface area contributed by atoms with Gasteiger partial charge >= 0.3 is 18.0 Å². The van der Waals surface area contributed by atoms with Crippen LogP contribution in [0.15, 0.2) is 0 Å². The van der Waals surface area contributed by atoms with Gasteiger partial charge in [0, 0.05) is 12.8 Å². The van der Waals surface area contributed by atoms with Crippen LogP contribution in [0.2, 0.25) is 0 Å². The second-order valence-corrected chi connectivity index (χ2v) is 4.54. The van der Waals surface area contributed by atoms with Gasteiger partial charge in [0.15, 0.2) is 0 Å². The molecular formula is C12H23NO6. The summed E-state index contributed by atoms with van der Waals surface area (Å²) in [5.41, 5.74) is 4.26. The van der Waals surface area contributed by atoms with Crippen LogP contribution in [-0.2, 0) is 23.8 Å². The number of nitrogens with two attached hydrogens (primary N) is 1. The standard InChI is InChI=1S/C7H12O4.C5H11NO2/c1-10-6(8)4-3-5-7(9)11-2;1-5(2,3)8-4(6)7/h3-5H2,1-2H3;1-3H3,(H2,6,7). The first-order valence-corrected chi connectivity index (χ1v) is 5.74. The van der Waals surface area contributed by atoms with Crippen molar-refractivity contribution in [2.45, 2.75) is 45.6 Å². The molecule has 0 fully saturated rings. The molecule has 0 saturated carbocycles. The Morgan fingerprint density at radius 2 is 1.32 bits per heavy atom. The molecule has 0 aromatic carbocycles. The summed E-state index contributed by atoms with van der Waals surface area (Å²) in [6.45, 7) is 5.28. The van der Waals surface area contributed by atoms with Gasteiger partial charge in [-0.05, 0) is 27.2 Å². The molecule has 0 radical (unpaired) electrons. The molecule has 0 aliphatic carbocycles. The normalized spacial score (nSPS) is 9.74. The van der Waals surface area contributed by atoms with Crippen molar-refractivity contribution in [3.63, 3.8) is 0 Å². The van der Waals surface area contributed by atoms with Gasteiger partial charge in [0.1, 0.15) is 5.60 Å². The number of ether oxygens (including phenoxy) is 3. The van der Waals surface area contributed by atoms with E-state index in [9.17, 15) is 14.4 Å². The van der Waals surface area contributed by atoms with E-state index in [1.165, 1.54) is 14.2 Å². The van der Waals surface area contributed by atoms with Gasteiger partial charge in [-0.2, -0.15) is 0 Å². The van der Waals surface area contributed by atoms with Crippen LogP contribution in [0.1, 0.15) is 40.0 Å². The fourth-order valence-electron chi connectivity index (χ4n) is 0.883. The van der Waals surface area contributed by atoms with E-state index in [1.807, 2.05) is 0 Å². The van der Waals surface area contributed by atoms with Crippen LogP contribution in [-0.4, -0.2) is 37.9 Å². The van der Waals surface area contributed by atoms with Gasteiger partial charge in [-0.25, -0.2) is 4.79 Å². The van der Waals surface area contributed by atoms with Crippen molar-refractivity contribution in [3.05, 3.63) is 0 Å². The molecule has 0 atom stereocenters. The van der Waals surface area contributed by atoms with E-state index in [2.05, 4.69) is 14.2 Å². The monoisotopic (exact) mass is 277 g/mol. The molecule has 0 unspecified atom stereocenters. The lowest BCUT2D eigenvalue weighted by molar-refractivity contribution is -0.142. The summed E-state index contributed by atoms with van der Waals surface area (Å²) >= 11 is 0. The number of methoxy groups -OCH3 is 2. The van der Waals surface area contributed by atoms with Crippen LogP contribution in [0.4, 0.5) is 4.79 Å². The second-order valence-electron chi connectivity index (χ2n) is 4.54. The van der Waals surface area contributed by atoms with Gasteiger partial charge in [0.2, 0.25) is 0 Å². The van der Waals surface area contributed by atoms with Crippen LogP contribution in [0.25, 0.3) is 0 Å². The number of carbonyl (C=O) groups excluding carboxylic acids is 3.